The van der Waals surface area contributed by atoms with E-state index in [-0.39, 0.29) is 30.4 Å². The van der Waals surface area contributed by atoms with E-state index in [1.807, 2.05) is 44.5 Å². The lowest BCUT2D eigenvalue weighted by Crippen LogP contribution is -3.15. The molecule has 5 atom stereocenters. The zero-order valence-electron chi connectivity index (χ0n) is 17.2. The van der Waals surface area contributed by atoms with E-state index in [0.717, 1.165) is 21.9 Å². The molecule has 1 aliphatic carbocycles. The molecule has 2 amide bonds. The molecule has 1 saturated carbocycles. The summed E-state index contributed by atoms with van der Waals surface area (Å²) in [5.74, 6) is 1.11. The van der Waals surface area contributed by atoms with E-state index in [9.17, 15) is 9.59 Å². The molecule has 3 N–H and O–H groups in total. The fraction of sp³-hybridized carbons (Fsp3) is 0.619. The molecule has 1 fully saturated rings. The van der Waals surface area contributed by atoms with Crippen molar-refractivity contribution in [3.63, 3.8) is 0 Å². The molecular formula is C21H34N3O2S+. The summed E-state index contributed by atoms with van der Waals surface area (Å²) in [6.45, 7) is 6.64. The Hall–Kier alpha value is -1.53. The summed E-state index contributed by atoms with van der Waals surface area (Å²) in [6, 6.07) is 7.74. The highest BCUT2D eigenvalue weighted by atomic mass is 32.2. The molecule has 2 rings (SSSR count). The van der Waals surface area contributed by atoms with Crippen molar-refractivity contribution < 1.29 is 14.5 Å². The highest BCUT2D eigenvalue weighted by Gasteiger charge is 2.31. The maximum atomic E-state index is 12.7. The molecule has 27 heavy (non-hydrogen) atoms. The van der Waals surface area contributed by atoms with E-state index in [4.69, 9.17) is 0 Å². The minimum absolute atomic E-state index is 0.0377. The van der Waals surface area contributed by atoms with Crippen LogP contribution in [0.2, 0.25) is 0 Å². The second-order valence-corrected chi connectivity index (χ2v) is 8.72. The lowest BCUT2D eigenvalue weighted by atomic mass is 9.78. The SMILES string of the molecule is CSc1ccccc1NC(=O)C[NH+](C)[C@H](C)C(=O)N[C@H]1CCC[C@H](C)[C@H]1C. The molecule has 1 aromatic rings. The van der Waals surface area contributed by atoms with Crippen LogP contribution in [0.5, 0.6) is 0 Å². The molecule has 0 heterocycles. The van der Waals surface area contributed by atoms with E-state index >= 15 is 0 Å². The van der Waals surface area contributed by atoms with Crippen LogP contribution in [0, 0.1) is 11.8 Å². The lowest BCUT2D eigenvalue weighted by molar-refractivity contribution is -0.885. The van der Waals surface area contributed by atoms with Crippen LogP contribution in [-0.2, 0) is 9.59 Å². The number of amides is 2. The Balaban J connectivity index is 1.87. The van der Waals surface area contributed by atoms with Crippen molar-refractivity contribution in [2.45, 2.75) is 57.0 Å². The number of thioether (sulfide) groups is 1. The van der Waals surface area contributed by atoms with Gasteiger partial charge in [-0.1, -0.05) is 38.8 Å². The fourth-order valence-corrected chi connectivity index (χ4v) is 4.22. The van der Waals surface area contributed by atoms with Crippen molar-refractivity contribution in [1.82, 2.24) is 5.32 Å². The Bertz CT molecular complexity index is 652. The zero-order chi connectivity index (χ0) is 20.0. The third-order valence-electron chi connectivity index (χ3n) is 5.99. The van der Waals surface area contributed by atoms with E-state index in [2.05, 4.69) is 24.5 Å². The monoisotopic (exact) mass is 392 g/mol. The molecule has 0 aliphatic heterocycles. The average Bonchev–Trinajstić information content (AvgIpc) is 2.65. The van der Waals surface area contributed by atoms with Crippen LogP contribution in [0.15, 0.2) is 29.2 Å². The van der Waals surface area contributed by atoms with Crippen molar-refractivity contribution in [1.29, 1.82) is 0 Å². The highest BCUT2D eigenvalue weighted by Crippen LogP contribution is 2.29. The van der Waals surface area contributed by atoms with Gasteiger partial charge in [0.25, 0.3) is 11.8 Å². The Morgan fingerprint density at radius 2 is 1.96 bits per heavy atom. The standard InChI is InChI=1S/C21H33N3O2S/c1-14-9-8-11-17(15(14)2)23-21(26)16(3)24(4)13-20(25)22-18-10-6-7-12-19(18)27-5/h6-7,10,12,14-17H,8-9,11,13H2,1-5H3,(H,22,25)(H,23,26)/p+1/t14-,15+,16+,17-/m0/s1. The van der Waals surface area contributed by atoms with Gasteiger partial charge in [-0.3, -0.25) is 9.59 Å². The molecule has 6 heteroatoms. The van der Waals surface area contributed by atoms with Crippen molar-refractivity contribution in [3.05, 3.63) is 24.3 Å². The Labute approximate surface area is 167 Å². The second kappa shape index (κ2) is 10.1. The highest BCUT2D eigenvalue weighted by molar-refractivity contribution is 7.98. The number of hydrogen-bond donors (Lipinski definition) is 3. The minimum atomic E-state index is -0.268. The molecular weight excluding hydrogens is 358 g/mol. The van der Waals surface area contributed by atoms with Crippen LogP contribution < -0.4 is 15.5 Å². The fourth-order valence-electron chi connectivity index (χ4n) is 3.67. The number of carbonyl (C=O) groups is 2. The van der Waals surface area contributed by atoms with Gasteiger partial charge in [0.15, 0.2) is 12.6 Å². The Kier molecular flexibility index (Phi) is 8.17. The minimum Gasteiger partial charge on any atom is -0.348 e. The van der Waals surface area contributed by atoms with Gasteiger partial charge < -0.3 is 15.5 Å². The van der Waals surface area contributed by atoms with Gasteiger partial charge in [-0.15, -0.1) is 11.8 Å². The van der Waals surface area contributed by atoms with Crippen LogP contribution in [0.4, 0.5) is 5.69 Å². The first-order chi connectivity index (χ1) is 12.8. The van der Waals surface area contributed by atoms with E-state index in [1.165, 1.54) is 12.8 Å². The summed E-state index contributed by atoms with van der Waals surface area (Å²) in [5.41, 5.74) is 0.824. The molecule has 0 saturated heterocycles. The first kappa shape index (κ1) is 21.8. The molecule has 0 radical (unpaired) electrons. The molecule has 1 aliphatic rings. The Morgan fingerprint density at radius 1 is 1.26 bits per heavy atom. The van der Waals surface area contributed by atoms with Gasteiger partial charge in [-0.05, 0) is 43.6 Å². The number of quaternary nitrogens is 1. The molecule has 5 nitrogen and oxygen atoms in total. The number of hydrogen-bond acceptors (Lipinski definition) is 3. The Morgan fingerprint density at radius 3 is 2.67 bits per heavy atom. The number of nitrogens with one attached hydrogen (secondary N) is 3. The van der Waals surface area contributed by atoms with Crippen LogP contribution in [0.1, 0.15) is 40.0 Å². The van der Waals surface area contributed by atoms with E-state index in [1.54, 1.807) is 11.8 Å². The van der Waals surface area contributed by atoms with Gasteiger partial charge in [0, 0.05) is 10.9 Å². The number of anilines is 1. The van der Waals surface area contributed by atoms with Gasteiger partial charge in [0.1, 0.15) is 0 Å². The van der Waals surface area contributed by atoms with Crippen LogP contribution in [0.3, 0.4) is 0 Å². The van der Waals surface area contributed by atoms with Gasteiger partial charge in [-0.25, -0.2) is 0 Å². The van der Waals surface area contributed by atoms with Crippen LogP contribution in [0.25, 0.3) is 0 Å². The van der Waals surface area contributed by atoms with Crippen LogP contribution >= 0.6 is 11.8 Å². The van der Waals surface area contributed by atoms with Gasteiger partial charge in [-0.2, -0.15) is 0 Å². The predicted molar refractivity (Wildman–Crippen MR) is 112 cm³/mol. The van der Waals surface area contributed by atoms with Crippen molar-refractivity contribution in [2.75, 3.05) is 25.2 Å². The number of carbonyl (C=O) groups excluding carboxylic acids is 2. The number of benzene rings is 1. The first-order valence-electron chi connectivity index (χ1n) is 9.89. The third kappa shape index (κ3) is 5.98. The van der Waals surface area contributed by atoms with Gasteiger partial charge in [0.2, 0.25) is 0 Å². The molecule has 150 valence electrons. The zero-order valence-corrected chi connectivity index (χ0v) is 18.0. The maximum absolute atomic E-state index is 12.7. The van der Waals surface area contributed by atoms with E-state index in [0.29, 0.717) is 11.8 Å². The molecule has 1 unspecified atom stereocenters. The third-order valence-corrected chi connectivity index (χ3v) is 6.78. The average molecular weight is 393 g/mol. The van der Waals surface area contributed by atoms with Gasteiger partial charge in [0.05, 0.1) is 12.7 Å². The first-order valence-corrected chi connectivity index (χ1v) is 11.1. The molecule has 1 aromatic carbocycles. The summed E-state index contributed by atoms with van der Waals surface area (Å²) >= 11 is 1.60. The summed E-state index contributed by atoms with van der Waals surface area (Å²) in [7, 11) is 1.90. The molecule has 0 aromatic heterocycles. The number of para-hydroxylation sites is 1. The predicted octanol–water partition coefficient (Wildman–Crippen LogP) is 2.19. The normalized spacial score (nSPS) is 24.7. The van der Waals surface area contributed by atoms with Crippen molar-refractivity contribution in [3.8, 4) is 0 Å². The summed E-state index contributed by atoms with van der Waals surface area (Å²) in [5, 5.41) is 6.19. The van der Waals surface area contributed by atoms with E-state index < -0.39 is 0 Å². The smallest absolute Gasteiger partial charge is 0.279 e. The summed E-state index contributed by atoms with van der Waals surface area (Å²) < 4.78 is 0. The molecule has 0 bridgehead atoms. The number of likely N-dealkylation sites (N-methyl/N-ethyl adjacent to an activating group) is 1. The largest absolute Gasteiger partial charge is 0.348 e. The van der Waals surface area contributed by atoms with Crippen molar-refractivity contribution >= 4 is 29.3 Å². The number of rotatable bonds is 7. The topological polar surface area (TPSA) is 62.6 Å². The van der Waals surface area contributed by atoms with Crippen molar-refractivity contribution in [2.24, 2.45) is 11.8 Å². The lowest BCUT2D eigenvalue weighted by Gasteiger charge is -2.35. The maximum Gasteiger partial charge on any atom is 0.279 e. The molecule has 0 spiro atoms. The summed E-state index contributed by atoms with van der Waals surface area (Å²) in [6.07, 6.45) is 5.45. The van der Waals surface area contributed by atoms with Crippen LogP contribution in [-0.4, -0.2) is 43.7 Å². The quantitative estimate of drug-likeness (QED) is 0.624. The second-order valence-electron chi connectivity index (χ2n) is 7.88. The van der Waals surface area contributed by atoms with Gasteiger partial charge >= 0.3 is 0 Å². The summed E-state index contributed by atoms with van der Waals surface area (Å²) in [4.78, 5) is 27.0.